The smallest absolute Gasteiger partial charge is 0.313 e. The van der Waals surface area contributed by atoms with Crippen LogP contribution in [0.25, 0.3) is 10.9 Å². The molecule has 2 heterocycles. The van der Waals surface area contributed by atoms with Crippen LogP contribution < -0.4 is 11.1 Å². The summed E-state index contributed by atoms with van der Waals surface area (Å²) in [5.41, 5.74) is 6.64. The van der Waals surface area contributed by atoms with Crippen molar-refractivity contribution in [3.05, 3.63) is 40.6 Å². The summed E-state index contributed by atoms with van der Waals surface area (Å²) in [6.07, 6.45) is 0.814. The van der Waals surface area contributed by atoms with Crippen LogP contribution in [0.1, 0.15) is 0 Å². The highest BCUT2D eigenvalue weighted by Gasteiger charge is 2.22. The minimum Gasteiger partial charge on any atom is -0.385 e. The second kappa shape index (κ2) is 6.04. The Morgan fingerprint density at radius 1 is 1.50 bits per heavy atom. The van der Waals surface area contributed by atoms with E-state index in [4.69, 9.17) is 10.5 Å². The molecule has 1 aliphatic heterocycles. The maximum absolute atomic E-state index is 11.2. The minimum absolute atomic E-state index is 0.176. The summed E-state index contributed by atoms with van der Waals surface area (Å²) in [6, 6.07) is 7.10. The van der Waals surface area contributed by atoms with E-state index in [-0.39, 0.29) is 23.3 Å². The summed E-state index contributed by atoms with van der Waals surface area (Å²) < 4.78 is 5.52. The zero-order valence-electron chi connectivity index (χ0n) is 11.7. The molecule has 2 aromatic rings. The zero-order valence-corrected chi connectivity index (χ0v) is 11.7. The third-order valence-corrected chi connectivity index (χ3v) is 3.42. The van der Waals surface area contributed by atoms with Crippen LogP contribution in [-0.2, 0) is 4.74 Å². The number of nitrogens with two attached hydrogens (primary N) is 1. The molecule has 1 atom stereocenters. The second-order valence-corrected chi connectivity index (χ2v) is 4.87. The number of hydrogen-bond donors (Lipinski definition) is 2. The number of nitrogens with one attached hydrogen (secondary N) is 1. The standard InChI is InChI=1S/C14H15N5O3/c15-14(12-8-16-5-6-22-12)18-13-9-3-1-2-4-10(9)17-7-11(13)19(20)21/h1-4,7,12,16H,5-6,8H2,(H2,15,17,18). The maximum atomic E-state index is 11.2. The first-order valence-corrected chi connectivity index (χ1v) is 6.85. The Bertz CT molecular complexity index is 740. The van der Waals surface area contributed by atoms with Gasteiger partial charge in [0.05, 0.1) is 17.0 Å². The van der Waals surface area contributed by atoms with Gasteiger partial charge in [-0.15, -0.1) is 0 Å². The predicted octanol–water partition coefficient (Wildman–Crippen LogP) is 1.12. The van der Waals surface area contributed by atoms with Crippen molar-refractivity contribution in [2.45, 2.75) is 6.10 Å². The first-order valence-electron chi connectivity index (χ1n) is 6.85. The van der Waals surface area contributed by atoms with Gasteiger partial charge < -0.3 is 15.8 Å². The summed E-state index contributed by atoms with van der Waals surface area (Å²) in [7, 11) is 0. The Kier molecular flexibility index (Phi) is 3.94. The molecule has 0 saturated carbocycles. The van der Waals surface area contributed by atoms with Crippen LogP contribution in [0.3, 0.4) is 0 Å². The van der Waals surface area contributed by atoms with E-state index in [0.29, 0.717) is 24.1 Å². The van der Waals surface area contributed by atoms with Crippen molar-refractivity contribution in [2.75, 3.05) is 19.7 Å². The molecule has 8 nitrogen and oxygen atoms in total. The topological polar surface area (TPSA) is 116 Å². The van der Waals surface area contributed by atoms with E-state index in [2.05, 4.69) is 15.3 Å². The molecule has 0 bridgehead atoms. The lowest BCUT2D eigenvalue weighted by atomic mass is 10.1. The fourth-order valence-electron chi connectivity index (χ4n) is 2.32. The molecular formula is C14H15N5O3. The average molecular weight is 301 g/mol. The molecule has 1 fully saturated rings. The number of nitrogens with zero attached hydrogens (tertiary/aromatic N) is 3. The molecule has 0 aliphatic carbocycles. The number of ether oxygens (including phenoxy) is 1. The molecule has 8 heteroatoms. The average Bonchev–Trinajstić information content (AvgIpc) is 2.55. The van der Waals surface area contributed by atoms with Gasteiger partial charge in [-0.05, 0) is 6.07 Å². The lowest BCUT2D eigenvalue weighted by Crippen LogP contribution is -2.46. The van der Waals surface area contributed by atoms with Gasteiger partial charge in [-0.2, -0.15) is 0 Å². The van der Waals surface area contributed by atoms with Gasteiger partial charge in [0.15, 0.2) is 5.69 Å². The molecule has 1 unspecified atom stereocenters. The van der Waals surface area contributed by atoms with E-state index >= 15 is 0 Å². The summed E-state index contributed by atoms with van der Waals surface area (Å²) in [5.74, 6) is 0.214. The van der Waals surface area contributed by atoms with Gasteiger partial charge in [-0.25, -0.2) is 9.98 Å². The van der Waals surface area contributed by atoms with E-state index in [1.54, 1.807) is 18.2 Å². The van der Waals surface area contributed by atoms with Crippen molar-refractivity contribution < 1.29 is 9.66 Å². The van der Waals surface area contributed by atoms with Crippen molar-refractivity contribution in [3.63, 3.8) is 0 Å². The summed E-state index contributed by atoms with van der Waals surface area (Å²) >= 11 is 0. The van der Waals surface area contributed by atoms with Crippen LogP contribution >= 0.6 is 0 Å². The summed E-state index contributed by atoms with van der Waals surface area (Å²) in [6.45, 7) is 1.81. The number of benzene rings is 1. The number of amidine groups is 1. The fraction of sp³-hybridized carbons (Fsp3) is 0.286. The first-order chi connectivity index (χ1) is 10.7. The van der Waals surface area contributed by atoms with Gasteiger partial charge in [0, 0.05) is 18.5 Å². The first kappa shape index (κ1) is 14.4. The Morgan fingerprint density at radius 2 is 2.32 bits per heavy atom. The Morgan fingerprint density at radius 3 is 3.05 bits per heavy atom. The predicted molar refractivity (Wildman–Crippen MR) is 82.3 cm³/mol. The maximum Gasteiger partial charge on any atom is 0.313 e. The Labute approximate surface area is 126 Å². The molecule has 22 heavy (non-hydrogen) atoms. The van der Waals surface area contributed by atoms with Gasteiger partial charge >= 0.3 is 5.69 Å². The largest absolute Gasteiger partial charge is 0.385 e. The highest BCUT2D eigenvalue weighted by atomic mass is 16.6. The van der Waals surface area contributed by atoms with Gasteiger partial charge in [0.1, 0.15) is 18.1 Å². The number of fused-ring (bicyclic) bond motifs is 1. The van der Waals surface area contributed by atoms with Crippen LogP contribution in [0, 0.1) is 10.1 Å². The molecule has 3 rings (SSSR count). The number of aromatic nitrogens is 1. The Balaban J connectivity index is 2.11. The van der Waals surface area contributed by atoms with Crippen LogP contribution in [-0.4, -0.2) is 41.5 Å². The highest BCUT2D eigenvalue weighted by molar-refractivity contribution is 5.98. The van der Waals surface area contributed by atoms with Crippen molar-refractivity contribution >= 4 is 28.1 Å². The molecule has 0 radical (unpaired) electrons. The molecule has 1 aliphatic rings. The molecule has 1 saturated heterocycles. The van der Waals surface area contributed by atoms with Crippen LogP contribution in [0.4, 0.5) is 11.4 Å². The Hall–Kier alpha value is -2.58. The van der Waals surface area contributed by atoms with Crippen molar-refractivity contribution in [2.24, 2.45) is 10.7 Å². The number of morpholine rings is 1. The molecule has 114 valence electrons. The van der Waals surface area contributed by atoms with E-state index in [9.17, 15) is 10.1 Å². The number of rotatable bonds is 3. The summed E-state index contributed by atoms with van der Waals surface area (Å²) in [4.78, 5) is 19.1. The number of para-hydroxylation sites is 1. The number of aliphatic imine (C=N–C) groups is 1. The molecule has 1 aromatic heterocycles. The normalized spacial score (nSPS) is 19.3. The minimum atomic E-state index is -0.508. The van der Waals surface area contributed by atoms with Crippen LogP contribution in [0.2, 0.25) is 0 Å². The van der Waals surface area contributed by atoms with Crippen molar-refractivity contribution in [1.29, 1.82) is 0 Å². The third-order valence-electron chi connectivity index (χ3n) is 3.42. The number of hydrogen-bond acceptors (Lipinski definition) is 6. The SMILES string of the molecule is NC(=Nc1c([N+](=O)[O-])cnc2ccccc12)C1CNCCO1. The fourth-order valence-corrected chi connectivity index (χ4v) is 2.32. The van der Waals surface area contributed by atoms with E-state index < -0.39 is 4.92 Å². The van der Waals surface area contributed by atoms with Crippen LogP contribution in [0.15, 0.2) is 35.5 Å². The molecule has 1 aromatic carbocycles. The van der Waals surface area contributed by atoms with Crippen molar-refractivity contribution in [1.82, 2.24) is 10.3 Å². The van der Waals surface area contributed by atoms with Gasteiger partial charge in [0.25, 0.3) is 0 Å². The molecule has 3 N–H and O–H groups in total. The molecular weight excluding hydrogens is 286 g/mol. The number of pyridine rings is 1. The highest BCUT2D eigenvalue weighted by Crippen LogP contribution is 2.34. The lowest BCUT2D eigenvalue weighted by molar-refractivity contribution is -0.384. The third kappa shape index (κ3) is 2.74. The quantitative estimate of drug-likeness (QED) is 0.380. The van der Waals surface area contributed by atoms with Gasteiger partial charge in [0.2, 0.25) is 0 Å². The van der Waals surface area contributed by atoms with E-state index in [1.165, 1.54) is 6.20 Å². The molecule has 0 amide bonds. The lowest BCUT2D eigenvalue weighted by Gasteiger charge is -2.23. The second-order valence-electron chi connectivity index (χ2n) is 4.87. The van der Waals surface area contributed by atoms with E-state index in [0.717, 1.165) is 6.54 Å². The van der Waals surface area contributed by atoms with E-state index in [1.807, 2.05) is 6.07 Å². The monoisotopic (exact) mass is 301 g/mol. The number of nitro groups is 1. The van der Waals surface area contributed by atoms with Crippen LogP contribution in [0.5, 0.6) is 0 Å². The van der Waals surface area contributed by atoms with Gasteiger partial charge in [-0.3, -0.25) is 10.1 Å². The zero-order chi connectivity index (χ0) is 15.5. The van der Waals surface area contributed by atoms with Crippen molar-refractivity contribution in [3.8, 4) is 0 Å². The summed E-state index contributed by atoms with van der Waals surface area (Å²) in [5, 5.41) is 15.0. The molecule has 0 spiro atoms. The van der Waals surface area contributed by atoms with Gasteiger partial charge in [-0.1, -0.05) is 18.2 Å².